The number of nitrogens with zero attached hydrogens (tertiary/aromatic N) is 3. The zero-order valence-corrected chi connectivity index (χ0v) is 17.9. The van der Waals surface area contributed by atoms with Crippen LogP contribution in [0.5, 0.6) is 5.75 Å². The Labute approximate surface area is 180 Å². The molecule has 1 aliphatic rings. The van der Waals surface area contributed by atoms with E-state index in [-0.39, 0.29) is 17.4 Å². The van der Waals surface area contributed by atoms with Crippen LogP contribution < -0.4 is 5.32 Å². The molecule has 2 aromatic carbocycles. The number of rotatable bonds is 6. The van der Waals surface area contributed by atoms with Gasteiger partial charge in [-0.15, -0.1) is 10.2 Å². The van der Waals surface area contributed by atoms with Gasteiger partial charge in [0.15, 0.2) is 11.0 Å². The van der Waals surface area contributed by atoms with E-state index in [2.05, 4.69) is 15.5 Å². The van der Waals surface area contributed by atoms with E-state index < -0.39 is 0 Å². The molecule has 0 unspecified atom stereocenters. The first-order chi connectivity index (χ1) is 14.6. The number of para-hydroxylation sites is 1. The fraction of sp³-hybridized carbons (Fsp3) is 0.348. The number of hydrogen-bond acceptors (Lipinski definition) is 5. The van der Waals surface area contributed by atoms with Crippen molar-refractivity contribution in [3.63, 3.8) is 0 Å². The first-order valence-corrected chi connectivity index (χ1v) is 11.3. The molecule has 0 atom stereocenters. The highest BCUT2D eigenvalue weighted by molar-refractivity contribution is 7.99. The van der Waals surface area contributed by atoms with Gasteiger partial charge >= 0.3 is 0 Å². The number of phenols is 1. The number of aromatic nitrogens is 3. The number of thioether (sulfide) groups is 1. The van der Waals surface area contributed by atoms with Gasteiger partial charge in [-0.2, -0.15) is 0 Å². The van der Waals surface area contributed by atoms with E-state index >= 15 is 0 Å². The van der Waals surface area contributed by atoms with Crippen LogP contribution in [0.1, 0.15) is 37.7 Å². The molecule has 1 saturated carbocycles. The summed E-state index contributed by atoms with van der Waals surface area (Å²) in [4.78, 5) is 12.5. The normalized spacial score (nSPS) is 14.6. The summed E-state index contributed by atoms with van der Waals surface area (Å²) in [5, 5.41) is 22.8. The second kappa shape index (κ2) is 9.34. The molecule has 0 saturated heterocycles. The fourth-order valence-corrected chi connectivity index (χ4v) is 4.54. The molecule has 1 aromatic heterocycles. The van der Waals surface area contributed by atoms with Gasteiger partial charge < -0.3 is 10.4 Å². The number of hydrogen-bond donors (Lipinski definition) is 2. The van der Waals surface area contributed by atoms with Crippen LogP contribution in [0.25, 0.3) is 17.1 Å². The molecule has 1 aliphatic carbocycles. The molecule has 1 amide bonds. The molecule has 1 fully saturated rings. The van der Waals surface area contributed by atoms with Crippen LogP contribution in [0.4, 0.5) is 0 Å². The first-order valence-electron chi connectivity index (χ1n) is 10.3. The third kappa shape index (κ3) is 4.67. The van der Waals surface area contributed by atoms with Crippen molar-refractivity contribution in [1.29, 1.82) is 0 Å². The van der Waals surface area contributed by atoms with Crippen molar-refractivity contribution < 1.29 is 9.90 Å². The highest BCUT2D eigenvalue weighted by Gasteiger charge is 2.20. The average Bonchev–Trinajstić information content (AvgIpc) is 3.17. The zero-order chi connectivity index (χ0) is 20.9. The molecule has 3 aromatic rings. The van der Waals surface area contributed by atoms with E-state index in [1.165, 1.54) is 31.0 Å². The van der Waals surface area contributed by atoms with Gasteiger partial charge in [-0.1, -0.05) is 60.9 Å². The summed E-state index contributed by atoms with van der Waals surface area (Å²) in [5.41, 5.74) is 2.64. The van der Waals surface area contributed by atoms with Gasteiger partial charge in [-0.3, -0.25) is 9.36 Å². The Balaban J connectivity index is 1.59. The second-order valence-electron chi connectivity index (χ2n) is 7.69. The van der Waals surface area contributed by atoms with E-state index in [0.29, 0.717) is 22.6 Å². The maximum absolute atomic E-state index is 12.5. The Morgan fingerprint density at radius 1 is 1.10 bits per heavy atom. The Hall–Kier alpha value is -2.80. The molecule has 0 aliphatic heterocycles. The van der Waals surface area contributed by atoms with E-state index in [9.17, 15) is 9.90 Å². The van der Waals surface area contributed by atoms with Crippen molar-refractivity contribution in [1.82, 2.24) is 20.1 Å². The standard InChI is InChI=1S/C23H26N4O2S/c1-16-11-13-18(14-12-16)27-22(19-9-5-6-10-20(19)28)25-26-23(27)30-15-21(29)24-17-7-3-2-4-8-17/h5-6,9-14,17,28H,2-4,7-8,15H2,1H3,(H,24,29). The molecule has 7 heteroatoms. The van der Waals surface area contributed by atoms with Gasteiger partial charge in [0.2, 0.25) is 5.91 Å². The lowest BCUT2D eigenvalue weighted by molar-refractivity contribution is -0.119. The molecule has 30 heavy (non-hydrogen) atoms. The van der Waals surface area contributed by atoms with Gasteiger partial charge in [0.1, 0.15) is 5.75 Å². The maximum atomic E-state index is 12.5. The summed E-state index contributed by atoms with van der Waals surface area (Å²) in [7, 11) is 0. The van der Waals surface area contributed by atoms with Crippen LogP contribution in [-0.4, -0.2) is 37.6 Å². The molecule has 0 spiro atoms. The molecular weight excluding hydrogens is 396 g/mol. The summed E-state index contributed by atoms with van der Waals surface area (Å²) in [6, 6.07) is 15.4. The number of carbonyl (C=O) groups is 1. The van der Waals surface area contributed by atoms with Gasteiger partial charge in [0, 0.05) is 11.7 Å². The zero-order valence-electron chi connectivity index (χ0n) is 17.0. The van der Waals surface area contributed by atoms with E-state index in [4.69, 9.17) is 0 Å². The molecule has 1 heterocycles. The molecule has 2 N–H and O–H groups in total. The Morgan fingerprint density at radius 3 is 2.57 bits per heavy atom. The summed E-state index contributed by atoms with van der Waals surface area (Å²) >= 11 is 1.36. The summed E-state index contributed by atoms with van der Waals surface area (Å²) in [5.74, 6) is 0.993. The lowest BCUT2D eigenvalue weighted by atomic mass is 9.95. The molecule has 4 rings (SSSR count). The largest absolute Gasteiger partial charge is 0.507 e. The fourth-order valence-electron chi connectivity index (χ4n) is 3.77. The highest BCUT2D eigenvalue weighted by atomic mass is 32.2. The second-order valence-corrected chi connectivity index (χ2v) is 8.63. The number of aryl methyl sites for hydroxylation is 1. The molecule has 0 radical (unpaired) electrons. The smallest absolute Gasteiger partial charge is 0.230 e. The molecule has 6 nitrogen and oxygen atoms in total. The van der Waals surface area contributed by atoms with Crippen LogP contribution >= 0.6 is 11.8 Å². The number of aromatic hydroxyl groups is 1. The minimum atomic E-state index is 0.0227. The number of amides is 1. The van der Waals surface area contributed by atoms with Crippen molar-refractivity contribution in [3.05, 3.63) is 54.1 Å². The third-order valence-electron chi connectivity index (χ3n) is 5.37. The molecule has 0 bridgehead atoms. The Kier molecular flexibility index (Phi) is 6.38. The molecular formula is C23H26N4O2S. The first kappa shape index (κ1) is 20.5. The number of nitrogens with one attached hydrogen (secondary N) is 1. The topological polar surface area (TPSA) is 80.0 Å². The van der Waals surface area contributed by atoms with E-state index in [0.717, 1.165) is 24.1 Å². The number of benzene rings is 2. The predicted molar refractivity (Wildman–Crippen MR) is 119 cm³/mol. The van der Waals surface area contributed by atoms with Crippen LogP contribution in [0.2, 0.25) is 0 Å². The van der Waals surface area contributed by atoms with Gasteiger partial charge in [-0.25, -0.2) is 0 Å². The SMILES string of the molecule is Cc1ccc(-n2c(SCC(=O)NC3CCCCC3)nnc2-c2ccccc2O)cc1. The van der Waals surface area contributed by atoms with Crippen LogP contribution in [-0.2, 0) is 4.79 Å². The quantitative estimate of drug-likeness (QED) is 0.572. The third-order valence-corrected chi connectivity index (χ3v) is 6.30. The van der Waals surface area contributed by atoms with Crippen molar-refractivity contribution in [2.45, 2.75) is 50.2 Å². The van der Waals surface area contributed by atoms with E-state index in [1.807, 2.05) is 47.9 Å². The number of phenolic OH excluding ortho intramolecular Hbond substituents is 1. The van der Waals surface area contributed by atoms with Crippen molar-refractivity contribution in [2.24, 2.45) is 0 Å². The monoisotopic (exact) mass is 422 g/mol. The summed E-state index contributed by atoms with van der Waals surface area (Å²) in [6.07, 6.45) is 5.75. The predicted octanol–water partition coefficient (Wildman–Crippen LogP) is 4.49. The lowest BCUT2D eigenvalue weighted by Crippen LogP contribution is -2.37. The average molecular weight is 423 g/mol. The van der Waals surface area contributed by atoms with Gasteiger partial charge in [0.25, 0.3) is 0 Å². The Bertz CT molecular complexity index is 1010. The van der Waals surface area contributed by atoms with Crippen LogP contribution in [0.3, 0.4) is 0 Å². The minimum absolute atomic E-state index is 0.0227. The van der Waals surface area contributed by atoms with Crippen LogP contribution in [0.15, 0.2) is 53.7 Å². The van der Waals surface area contributed by atoms with E-state index in [1.54, 1.807) is 12.1 Å². The lowest BCUT2D eigenvalue weighted by Gasteiger charge is -2.22. The van der Waals surface area contributed by atoms with Crippen molar-refractivity contribution in [3.8, 4) is 22.8 Å². The summed E-state index contributed by atoms with van der Waals surface area (Å²) < 4.78 is 1.90. The van der Waals surface area contributed by atoms with Crippen LogP contribution in [0, 0.1) is 6.92 Å². The highest BCUT2D eigenvalue weighted by Crippen LogP contribution is 2.32. The van der Waals surface area contributed by atoms with Gasteiger partial charge in [0.05, 0.1) is 11.3 Å². The van der Waals surface area contributed by atoms with Gasteiger partial charge in [-0.05, 0) is 44.0 Å². The number of carbonyl (C=O) groups excluding carboxylic acids is 1. The molecule has 156 valence electrons. The van der Waals surface area contributed by atoms with Crippen molar-refractivity contribution in [2.75, 3.05) is 5.75 Å². The Morgan fingerprint density at radius 2 is 1.83 bits per heavy atom. The van der Waals surface area contributed by atoms with Crippen molar-refractivity contribution >= 4 is 17.7 Å². The maximum Gasteiger partial charge on any atom is 0.230 e. The summed E-state index contributed by atoms with van der Waals surface area (Å²) in [6.45, 7) is 2.03. The minimum Gasteiger partial charge on any atom is -0.507 e.